The van der Waals surface area contributed by atoms with Crippen LogP contribution in [0.25, 0.3) is 22.9 Å². The summed E-state index contributed by atoms with van der Waals surface area (Å²) in [4.78, 5) is 21.2. The molecule has 0 atom stereocenters. The molecule has 0 unspecified atom stereocenters. The second kappa shape index (κ2) is 9.17. The van der Waals surface area contributed by atoms with Gasteiger partial charge in [0.2, 0.25) is 5.91 Å². The number of pyridine rings is 1. The highest BCUT2D eigenvalue weighted by Gasteiger charge is 2.35. The van der Waals surface area contributed by atoms with Gasteiger partial charge in [0, 0.05) is 16.7 Å². The molecule has 0 spiro atoms. The Morgan fingerprint density at radius 3 is 2.47 bits per heavy atom. The lowest BCUT2D eigenvalue weighted by Crippen LogP contribution is -2.28. The van der Waals surface area contributed by atoms with Gasteiger partial charge in [-0.3, -0.25) is 14.5 Å². The Labute approximate surface area is 196 Å². The highest BCUT2D eigenvalue weighted by atomic mass is 19.4. The highest BCUT2D eigenvalue weighted by Crippen LogP contribution is 2.37. The predicted molar refractivity (Wildman–Crippen MR) is 128 cm³/mol. The van der Waals surface area contributed by atoms with Gasteiger partial charge in [0.25, 0.3) is 0 Å². The largest absolute Gasteiger partial charge is 0.418 e. The maximum Gasteiger partial charge on any atom is 0.418 e. The van der Waals surface area contributed by atoms with Crippen molar-refractivity contribution in [3.8, 4) is 11.3 Å². The number of aromatic nitrogens is 3. The number of nitrogen functional groups attached to an aromatic ring is 1. The molecule has 0 aliphatic heterocycles. The molecule has 0 fully saturated rings. The van der Waals surface area contributed by atoms with Crippen LogP contribution in [0.5, 0.6) is 0 Å². The number of anilines is 1. The fourth-order valence-corrected chi connectivity index (χ4v) is 3.02. The Kier molecular flexibility index (Phi) is 6.67. The van der Waals surface area contributed by atoms with Crippen LogP contribution in [0, 0.1) is 12.3 Å². The van der Waals surface area contributed by atoms with Gasteiger partial charge in [-0.1, -0.05) is 39.5 Å². The van der Waals surface area contributed by atoms with Crippen molar-refractivity contribution in [1.82, 2.24) is 14.6 Å². The number of alkyl halides is 3. The maximum atomic E-state index is 13.5. The van der Waals surface area contributed by atoms with E-state index in [9.17, 15) is 18.0 Å². The van der Waals surface area contributed by atoms with Gasteiger partial charge in [-0.25, -0.2) is 4.98 Å². The number of rotatable bonds is 5. The molecule has 2 heterocycles. The molecule has 1 amide bonds. The predicted octanol–water partition coefficient (Wildman–Crippen LogP) is 5.70. The number of benzene rings is 1. The molecule has 34 heavy (non-hydrogen) atoms. The molecule has 3 aromatic rings. The van der Waals surface area contributed by atoms with Gasteiger partial charge >= 0.3 is 6.18 Å². The zero-order valence-corrected chi connectivity index (χ0v) is 19.4. The zero-order valence-electron chi connectivity index (χ0n) is 19.4. The lowest BCUT2D eigenvalue weighted by molar-refractivity contribution is -0.137. The third-order valence-corrected chi connectivity index (χ3v) is 4.96. The molecule has 0 saturated carbocycles. The van der Waals surface area contributed by atoms with E-state index in [1.165, 1.54) is 23.0 Å². The number of hydrogen-bond donors (Lipinski definition) is 2. The molecule has 3 rings (SSSR count). The Hall–Kier alpha value is -3.88. The van der Waals surface area contributed by atoms with E-state index < -0.39 is 23.1 Å². The number of allylic oxidation sites excluding steroid dienone is 2. The molecule has 0 bridgehead atoms. The molecule has 178 valence electrons. The highest BCUT2D eigenvalue weighted by molar-refractivity contribution is 5.96. The minimum Gasteiger partial charge on any atom is -0.338 e. The lowest BCUT2D eigenvalue weighted by Gasteiger charge is -2.20. The van der Waals surface area contributed by atoms with Crippen LogP contribution in [0.2, 0.25) is 0 Å². The SMILES string of the molecule is C=C(/C=C\c1nc(-c2ccc(C(F)(F)F)c(NC(=O)C(C)(C)C)c2)cn1N)c1cccc(C)n1. The number of carbonyl (C=O) groups excluding carboxylic acids is 1. The lowest BCUT2D eigenvalue weighted by atomic mass is 9.95. The number of halogens is 3. The number of nitrogens with one attached hydrogen (secondary N) is 1. The smallest absolute Gasteiger partial charge is 0.338 e. The summed E-state index contributed by atoms with van der Waals surface area (Å²) >= 11 is 0. The van der Waals surface area contributed by atoms with Crippen LogP contribution >= 0.6 is 0 Å². The van der Waals surface area contributed by atoms with E-state index in [0.29, 0.717) is 28.3 Å². The Morgan fingerprint density at radius 2 is 1.85 bits per heavy atom. The van der Waals surface area contributed by atoms with Crippen molar-refractivity contribution < 1.29 is 18.0 Å². The van der Waals surface area contributed by atoms with Gasteiger partial charge in [0.1, 0.15) is 0 Å². The summed E-state index contributed by atoms with van der Waals surface area (Å²) in [6, 6.07) is 9.04. The molecule has 3 N–H and O–H groups in total. The molecule has 0 radical (unpaired) electrons. The molecular formula is C25H26F3N5O. The number of hydrogen-bond acceptors (Lipinski definition) is 4. The van der Waals surface area contributed by atoms with E-state index >= 15 is 0 Å². The zero-order chi connectivity index (χ0) is 25.3. The monoisotopic (exact) mass is 469 g/mol. The molecule has 1 aromatic carbocycles. The Balaban J connectivity index is 1.93. The topological polar surface area (TPSA) is 85.8 Å². The van der Waals surface area contributed by atoms with Crippen LogP contribution in [0.3, 0.4) is 0 Å². The van der Waals surface area contributed by atoms with Gasteiger partial charge < -0.3 is 11.2 Å². The molecule has 0 saturated heterocycles. The standard InChI is InChI=1S/C25H26F3N5O/c1-15(19-8-6-7-16(2)30-19)9-12-22-31-21(14-33(22)29)17-10-11-18(25(26,27)28)20(13-17)32-23(34)24(3,4)5/h6-14H,1,29H2,2-5H3,(H,32,34)/b12-9-. The molecule has 0 aliphatic rings. The fraction of sp³-hybridized carbons (Fsp3) is 0.240. The summed E-state index contributed by atoms with van der Waals surface area (Å²) in [5.74, 6) is 5.84. The van der Waals surface area contributed by atoms with Crippen LogP contribution < -0.4 is 11.2 Å². The summed E-state index contributed by atoms with van der Waals surface area (Å²) in [6.07, 6.45) is 0.205. The molecule has 6 nitrogen and oxygen atoms in total. The summed E-state index contributed by atoms with van der Waals surface area (Å²) in [7, 11) is 0. The fourth-order valence-electron chi connectivity index (χ4n) is 3.02. The van der Waals surface area contributed by atoms with Gasteiger partial charge in [-0.05, 0) is 48.9 Å². The average Bonchev–Trinajstić information content (AvgIpc) is 3.11. The van der Waals surface area contributed by atoms with Crippen LogP contribution in [0.1, 0.15) is 43.5 Å². The van der Waals surface area contributed by atoms with Crippen LogP contribution in [0.15, 0.2) is 55.3 Å². The maximum absolute atomic E-state index is 13.5. The van der Waals surface area contributed by atoms with Gasteiger partial charge in [-0.2, -0.15) is 13.2 Å². The molecule has 2 aromatic heterocycles. The average molecular weight is 470 g/mol. The normalized spacial score (nSPS) is 12.2. The Morgan fingerprint density at radius 1 is 1.15 bits per heavy atom. The van der Waals surface area contributed by atoms with Crippen molar-refractivity contribution >= 4 is 23.2 Å². The third-order valence-electron chi connectivity index (χ3n) is 4.96. The first-order valence-corrected chi connectivity index (χ1v) is 10.4. The van der Waals surface area contributed by atoms with E-state index in [-0.39, 0.29) is 5.69 Å². The Bertz CT molecular complexity index is 1270. The minimum absolute atomic E-state index is 0.340. The minimum atomic E-state index is -4.63. The second-order valence-corrected chi connectivity index (χ2v) is 8.88. The number of carbonyl (C=O) groups is 1. The van der Waals surface area contributed by atoms with E-state index in [0.717, 1.165) is 11.8 Å². The van der Waals surface area contributed by atoms with E-state index in [4.69, 9.17) is 5.84 Å². The summed E-state index contributed by atoms with van der Waals surface area (Å²) < 4.78 is 41.8. The van der Waals surface area contributed by atoms with E-state index in [1.54, 1.807) is 32.9 Å². The van der Waals surface area contributed by atoms with E-state index in [1.807, 2.05) is 25.1 Å². The number of nitrogens with zero attached hydrogens (tertiary/aromatic N) is 3. The van der Waals surface area contributed by atoms with Crippen molar-refractivity contribution in [3.05, 3.63) is 78.0 Å². The first-order valence-electron chi connectivity index (χ1n) is 10.4. The van der Waals surface area contributed by atoms with Crippen molar-refractivity contribution in [1.29, 1.82) is 0 Å². The quantitative estimate of drug-likeness (QED) is 0.371. The first kappa shape index (κ1) is 24.8. The van der Waals surface area contributed by atoms with Gasteiger partial charge in [0.05, 0.1) is 28.8 Å². The van der Waals surface area contributed by atoms with Gasteiger partial charge in [-0.15, -0.1) is 0 Å². The number of imidazole rings is 1. The first-order chi connectivity index (χ1) is 15.8. The molecule has 9 heteroatoms. The van der Waals surface area contributed by atoms with Crippen LogP contribution in [0.4, 0.5) is 18.9 Å². The molecule has 0 aliphatic carbocycles. The van der Waals surface area contributed by atoms with Crippen molar-refractivity contribution in [2.24, 2.45) is 5.41 Å². The van der Waals surface area contributed by atoms with E-state index in [2.05, 4.69) is 21.9 Å². The number of aryl methyl sites for hydroxylation is 1. The van der Waals surface area contributed by atoms with Crippen molar-refractivity contribution in [3.63, 3.8) is 0 Å². The van der Waals surface area contributed by atoms with Crippen LogP contribution in [-0.4, -0.2) is 20.6 Å². The van der Waals surface area contributed by atoms with Crippen molar-refractivity contribution in [2.75, 3.05) is 11.2 Å². The summed E-state index contributed by atoms with van der Waals surface area (Å²) in [5, 5.41) is 2.39. The number of amides is 1. The number of nitrogens with two attached hydrogens (primary N) is 1. The third kappa shape index (κ3) is 5.72. The second-order valence-electron chi connectivity index (χ2n) is 8.88. The van der Waals surface area contributed by atoms with Crippen LogP contribution in [-0.2, 0) is 11.0 Å². The summed E-state index contributed by atoms with van der Waals surface area (Å²) in [6.45, 7) is 10.7. The van der Waals surface area contributed by atoms with Crippen molar-refractivity contribution in [2.45, 2.75) is 33.9 Å². The molecular weight excluding hydrogens is 443 g/mol. The van der Waals surface area contributed by atoms with Gasteiger partial charge in [0.15, 0.2) is 5.82 Å². The summed E-state index contributed by atoms with van der Waals surface area (Å²) in [5.41, 5.74) is 0.770.